The molecule has 6 heteroatoms. The number of carboxylic acids is 1. The van der Waals surface area contributed by atoms with Crippen LogP contribution in [0.5, 0.6) is 0 Å². The van der Waals surface area contributed by atoms with Gasteiger partial charge in [0.2, 0.25) is 0 Å². The summed E-state index contributed by atoms with van der Waals surface area (Å²) in [5.74, 6) is -1.08. The van der Waals surface area contributed by atoms with Gasteiger partial charge in [-0.3, -0.25) is 4.98 Å². The third kappa shape index (κ3) is 2.85. The van der Waals surface area contributed by atoms with Crippen LogP contribution in [0.4, 0.5) is 5.00 Å². The molecule has 0 aliphatic rings. The zero-order valence-electron chi connectivity index (χ0n) is 9.41. The predicted octanol–water partition coefficient (Wildman–Crippen LogP) is 1.67. The number of thiophene rings is 1. The second-order valence-electron chi connectivity index (χ2n) is 3.60. The molecule has 0 bridgehead atoms. The van der Waals surface area contributed by atoms with E-state index in [9.17, 15) is 4.79 Å². The van der Waals surface area contributed by atoms with Gasteiger partial charge in [-0.05, 0) is 24.3 Å². The topological polar surface area (TPSA) is 82.5 Å². The van der Waals surface area contributed by atoms with Crippen LogP contribution in [0.25, 0.3) is 10.6 Å². The van der Waals surface area contributed by atoms with Gasteiger partial charge in [0.1, 0.15) is 6.04 Å². The molecule has 0 aliphatic carbocycles. The van der Waals surface area contributed by atoms with Crippen LogP contribution in [0.3, 0.4) is 0 Å². The molecule has 1 atom stereocenters. The van der Waals surface area contributed by atoms with Crippen LogP contribution in [0.15, 0.2) is 36.5 Å². The summed E-state index contributed by atoms with van der Waals surface area (Å²) in [5, 5.41) is 21.2. The van der Waals surface area contributed by atoms with E-state index in [1.165, 1.54) is 11.3 Å². The summed E-state index contributed by atoms with van der Waals surface area (Å²) in [7, 11) is 0. The maximum absolute atomic E-state index is 10.8. The maximum Gasteiger partial charge on any atom is 0.328 e. The lowest BCUT2D eigenvalue weighted by Gasteiger charge is -2.10. The smallest absolute Gasteiger partial charge is 0.328 e. The molecule has 0 saturated heterocycles. The van der Waals surface area contributed by atoms with Gasteiger partial charge in [0, 0.05) is 6.20 Å². The summed E-state index contributed by atoms with van der Waals surface area (Å²) in [6.45, 7) is -0.452. The second kappa shape index (κ2) is 5.61. The van der Waals surface area contributed by atoms with Crippen LogP contribution >= 0.6 is 11.3 Å². The van der Waals surface area contributed by atoms with Gasteiger partial charge in [0.25, 0.3) is 0 Å². The number of aliphatic carboxylic acids is 1. The Labute approximate surface area is 108 Å². The third-order valence-corrected chi connectivity index (χ3v) is 3.36. The molecule has 1 unspecified atom stereocenters. The molecular weight excluding hydrogens is 252 g/mol. The minimum absolute atomic E-state index is 0.452. The van der Waals surface area contributed by atoms with Gasteiger partial charge in [-0.25, -0.2) is 4.79 Å². The maximum atomic E-state index is 10.8. The average Bonchev–Trinajstić information content (AvgIpc) is 2.85. The molecule has 18 heavy (non-hydrogen) atoms. The first-order valence-corrected chi connectivity index (χ1v) is 6.14. The van der Waals surface area contributed by atoms with Gasteiger partial charge in [0.05, 0.1) is 22.2 Å². The molecule has 94 valence electrons. The summed E-state index contributed by atoms with van der Waals surface area (Å²) < 4.78 is 0. The van der Waals surface area contributed by atoms with E-state index in [0.717, 1.165) is 10.6 Å². The van der Waals surface area contributed by atoms with Crippen molar-refractivity contribution in [1.29, 1.82) is 0 Å². The molecule has 0 spiro atoms. The molecule has 2 aromatic heterocycles. The molecular formula is C12H12N2O3S. The van der Waals surface area contributed by atoms with E-state index in [4.69, 9.17) is 10.2 Å². The highest BCUT2D eigenvalue weighted by atomic mass is 32.1. The summed E-state index contributed by atoms with van der Waals surface area (Å²) in [6, 6.07) is 8.27. The molecule has 5 nitrogen and oxygen atoms in total. The zero-order chi connectivity index (χ0) is 13.0. The number of nitrogens with zero attached hydrogens (tertiary/aromatic N) is 1. The van der Waals surface area contributed by atoms with E-state index >= 15 is 0 Å². The Kier molecular flexibility index (Phi) is 3.91. The van der Waals surface area contributed by atoms with Crippen LogP contribution in [-0.2, 0) is 4.79 Å². The number of carbonyl (C=O) groups is 1. The predicted molar refractivity (Wildman–Crippen MR) is 69.7 cm³/mol. The molecule has 0 amide bonds. The summed E-state index contributed by atoms with van der Waals surface area (Å²) >= 11 is 1.40. The lowest BCUT2D eigenvalue weighted by molar-refractivity contribution is -0.138. The molecule has 2 heterocycles. The molecule has 0 saturated carbocycles. The van der Waals surface area contributed by atoms with Crippen LogP contribution in [0, 0.1) is 0 Å². The van der Waals surface area contributed by atoms with Gasteiger partial charge in [-0.1, -0.05) is 6.07 Å². The minimum Gasteiger partial charge on any atom is -0.480 e. The van der Waals surface area contributed by atoms with E-state index in [-0.39, 0.29) is 0 Å². The van der Waals surface area contributed by atoms with Crippen molar-refractivity contribution in [3.05, 3.63) is 36.5 Å². The number of nitrogens with one attached hydrogen (secondary N) is 1. The number of anilines is 1. The van der Waals surface area contributed by atoms with E-state index in [0.29, 0.717) is 5.00 Å². The quantitative estimate of drug-likeness (QED) is 0.765. The fourth-order valence-corrected chi connectivity index (χ4v) is 2.35. The monoisotopic (exact) mass is 264 g/mol. The van der Waals surface area contributed by atoms with Crippen molar-refractivity contribution in [2.75, 3.05) is 11.9 Å². The second-order valence-corrected chi connectivity index (χ2v) is 4.68. The number of aromatic nitrogens is 1. The molecule has 3 N–H and O–H groups in total. The lowest BCUT2D eigenvalue weighted by atomic mass is 10.3. The van der Waals surface area contributed by atoms with Crippen LogP contribution in [0.2, 0.25) is 0 Å². The molecule has 2 aromatic rings. The summed E-state index contributed by atoms with van der Waals surface area (Å²) in [4.78, 5) is 15.9. The summed E-state index contributed by atoms with van der Waals surface area (Å²) in [5.41, 5.74) is 0.839. The Morgan fingerprint density at radius 1 is 1.39 bits per heavy atom. The van der Waals surface area contributed by atoms with Crippen molar-refractivity contribution in [3.63, 3.8) is 0 Å². The van der Waals surface area contributed by atoms with Gasteiger partial charge in [-0.15, -0.1) is 11.3 Å². The van der Waals surface area contributed by atoms with E-state index < -0.39 is 18.6 Å². The first kappa shape index (κ1) is 12.5. The number of aliphatic hydroxyl groups is 1. The number of hydrogen-bond donors (Lipinski definition) is 3. The van der Waals surface area contributed by atoms with Gasteiger partial charge >= 0.3 is 5.97 Å². The van der Waals surface area contributed by atoms with Crippen molar-refractivity contribution < 1.29 is 15.0 Å². The first-order chi connectivity index (χ1) is 8.70. The van der Waals surface area contributed by atoms with Crippen molar-refractivity contribution in [2.24, 2.45) is 0 Å². The van der Waals surface area contributed by atoms with E-state index in [2.05, 4.69) is 10.3 Å². The van der Waals surface area contributed by atoms with Gasteiger partial charge in [-0.2, -0.15) is 0 Å². The molecule has 2 rings (SSSR count). The highest BCUT2D eigenvalue weighted by molar-refractivity contribution is 7.19. The normalized spacial score (nSPS) is 12.1. The Hall–Kier alpha value is -1.92. The van der Waals surface area contributed by atoms with Gasteiger partial charge in [0.15, 0.2) is 0 Å². The van der Waals surface area contributed by atoms with Crippen molar-refractivity contribution in [3.8, 4) is 10.6 Å². The standard InChI is InChI=1S/C12H12N2O3S/c15-7-9(12(16)17)14-11-5-4-10(18-11)8-3-1-2-6-13-8/h1-6,9,14-15H,7H2,(H,16,17). The van der Waals surface area contributed by atoms with Gasteiger partial charge < -0.3 is 15.5 Å². The van der Waals surface area contributed by atoms with Crippen LogP contribution in [-0.4, -0.2) is 33.8 Å². The number of carboxylic acid groups (broad SMARTS) is 1. The Bertz CT molecular complexity index is 527. The number of rotatable bonds is 5. The highest BCUT2D eigenvalue weighted by Gasteiger charge is 2.16. The minimum atomic E-state index is -1.08. The molecule has 0 radical (unpaired) electrons. The van der Waals surface area contributed by atoms with Crippen molar-refractivity contribution in [2.45, 2.75) is 6.04 Å². The van der Waals surface area contributed by atoms with E-state index in [1.54, 1.807) is 12.3 Å². The molecule has 0 aromatic carbocycles. The van der Waals surface area contributed by atoms with Crippen molar-refractivity contribution >= 4 is 22.3 Å². The highest BCUT2D eigenvalue weighted by Crippen LogP contribution is 2.30. The third-order valence-electron chi connectivity index (χ3n) is 2.32. The molecule has 0 fully saturated rings. The van der Waals surface area contributed by atoms with Crippen LogP contribution < -0.4 is 5.32 Å². The number of aliphatic hydroxyl groups excluding tert-OH is 1. The Morgan fingerprint density at radius 3 is 2.83 bits per heavy atom. The summed E-state index contributed by atoms with van der Waals surface area (Å²) in [6.07, 6.45) is 1.70. The lowest BCUT2D eigenvalue weighted by Crippen LogP contribution is -2.32. The first-order valence-electron chi connectivity index (χ1n) is 5.32. The average molecular weight is 264 g/mol. The van der Waals surface area contributed by atoms with Crippen LogP contribution in [0.1, 0.15) is 0 Å². The fraction of sp³-hybridized carbons (Fsp3) is 0.167. The fourth-order valence-electron chi connectivity index (χ4n) is 1.42. The van der Waals surface area contributed by atoms with Crippen molar-refractivity contribution in [1.82, 2.24) is 4.98 Å². The largest absolute Gasteiger partial charge is 0.480 e. The van der Waals surface area contributed by atoms with E-state index in [1.807, 2.05) is 24.3 Å². The molecule has 0 aliphatic heterocycles. The zero-order valence-corrected chi connectivity index (χ0v) is 10.2. The number of pyridine rings is 1. The SMILES string of the molecule is O=C(O)C(CO)Nc1ccc(-c2ccccn2)s1. The number of hydrogen-bond acceptors (Lipinski definition) is 5. The Balaban J connectivity index is 2.14. The Morgan fingerprint density at radius 2 is 2.22 bits per heavy atom.